The molecule has 2 rings (SSSR count). The zero-order valence-corrected chi connectivity index (χ0v) is 16.6. The van der Waals surface area contributed by atoms with Gasteiger partial charge in [0.25, 0.3) is 0 Å². The van der Waals surface area contributed by atoms with Gasteiger partial charge in [-0.15, -0.1) is 0 Å². The number of hydrogen-bond acceptors (Lipinski definition) is 4. The molecular formula is C20H31N3O4. The zero-order chi connectivity index (χ0) is 20.0. The van der Waals surface area contributed by atoms with Crippen LogP contribution in [-0.4, -0.2) is 60.8 Å². The van der Waals surface area contributed by atoms with Crippen LogP contribution in [0.1, 0.15) is 39.2 Å². The molecule has 0 atom stereocenters. The number of rotatable bonds is 9. The molecule has 1 aliphatic carbocycles. The van der Waals surface area contributed by atoms with Gasteiger partial charge < -0.3 is 20.5 Å². The second-order valence-corrected chi connectivity index (χ2v) is 7.72. The number of carboxylic acid groups (broad SMARTS) is 1. The Bertz CT molecular complexity index is 639. The summed E-state index contributed by atoms with van der Waals surface area (Å²) in [6.45, 7) is 7.39. The predicted molar refractivity (Wildman–Crippen MR) is 104 cm³/mol. The summed E-state index contributed by atoms with van der Waals surface area (Å²) in [5.74, 6) is -0.00410. The van der Waals surface area contributed by atoms with Crippen LogP contribution in [0.5, 0.6) is 5.75 Å². The van der Waals surface area contributed by atoms with Gasteiger partial charge in [0.05, 0.1) is 13.7 Å². The van der Waals surface area contributed by atoms with E-state index in [9.17, 15) is 9.59 Å². The number of carbonyl (C=O) groups is 2. The van der Waals surface area contributed by atoms with Crippen molar-refractivity contribution in [3.05, 3.63) is 29.8 Å². The van der Waals surface area contributed by atoms with E-state index < -0.39 is 5.97 Å². The molecule has 1 aliphatic rings. The summed E-state index contributed by atoms with van der Waals surface area (Å²) < 4.78 is 5.18. The topological polar surface area (TPSA) is 90.9 Å². The molecule has 3 N–H and O–H groups in total. The normalized spacial score (nSPS) is 19.3. The first-order chi connectivity index (χ1) is 12.7. The molecule has 27 heavy (non-hydrogen) atoms. The van der Waals surface area contributed by atoms with Crippen molar-refractivity contribution in [3.8, 4) is 5.75 Å². The van der Waals surface area contributed by atoms with Crippen LogP contribution in [0.15, 0.2) is 24.3 Å². The highest BCUT2D eigenvalue weighted by atomic mass is 16.5. The van der Waals surface area contributed by atoms with Gasteiger partial charge in [0.2, 0.25) is 0 Å². The number of amides is 2. The van der Waals surface area contributed by atoms with Gasteiger partial charge in [0, 0.05) is 24.0 Å². The molecule has 2 amide bonds. The number of ether oxygens (including phenoxy) is 1. The summed E-state index contributed by atoms with van der Waals surface area (Å²) in [6, 6.07) is 8.01. The highest BCUT2D eigenvalue weighted by molar-refractivity contribution is 5.74. The third-order valence-electron chi connectivity index (χ3n) is 5.27. The summed E-state index contributed by atoms with van der Waals surface area (Å²) in [5.41, 5.74) is 0.922. The van der Waals surface area contributed by atoms with E-state index in [2.05, 4.69) is 24.5 Å². The maximum Gasteiger partial charge on any atom is 0.317 e. The number of nitrogens with zero attached hydrogens (tertiary/aromatic N) is 1. The van der Waals surface area contributed by atoms with Gasteiger partial charge in [0.1, 0.15) is 5.75 Å². The van der Waals surface area contributed by atoms with Gasteiger partial charge >= 0.3 is 12.0 Å². The van der Waals surface area contributed by atoms with E-state index in [-0.39, 0.29) is 30.1 Å². The van der Waals surface area contributed by atoms with Gasteiger partial charge in [-0.25, -0.2) is 4.79 Å². The minimum atomic E-state index is -0.813. The first-order valence-corrected chi connectivity index (χ1v) is 9.40. The average Bonchev–Trinajstić information content (AvgIpc) is 2.61. The lowest BCUT2D eigenvalue weighted by atomic mass is 9.84. The van der Waals surface area contributed by atoms with Crippen molar-refractivity contribution in [3.63, 3.8) is 0 Å². The Labute approximate surface area is 161 Å². The second-order valence-electron chi connectivity index (χ2n) is 7.72. The third kappa shape index (κ3) is 5.85. The highest BCUT2D eigenvalue weighted by Gasteiger charge is 2.34. The summed E-state index contributed by atoms with van der Waals surface area (Å²) in [7, 11) is 1.64. The Morgan fingerprint density at radius 1 is 1.26 bits per heavy atom. The van der Waals surface area contributed by atoms with Crippen LogP contribution in [0.25, 0.3) is 0 Å². The van der Waals surface area contributed by atoms with Crippen LogP contribution in [0.4, 0.5) is 4.79 Å². The number of benzene rings is 1. The van der Waals surface area contributed by atoms with Gasteiger partial charge in [-0.1, -0.05) is 32.9 Å². The Kier molecular flexibility index (Phi) is 7.07. The third-order valence-corrected chi connectivity index (χ3v) is 5.27. The van der Waals surface area contributed by atoms with Crippen molar-refractivity contribution in [2.24, 2.45) is 0 Å². The van der Waals surface area contributed by atoms with Crippen molar-refractivity contribution < 1.29 is 19.4 Å². The van der Waals surface area contributed by atoms with Crippen LogP contribution in [0.3, 0.4) is 0 Å². The predicted octanol–water partition coefficient (Wildman–Crippen LogP) is 2.21. The van der Waals surface area contributed by atoms with Crippen LogP contribution in [-0.2, 0) is 10.2 Å². The summed E-state index contributed by atoms with van der Waals surface area (Å²) >= 11 is 0. The zero-order valence-electron chi connectivity index (χ0n) is 16.6. The molecule has 7 heteroatoms. The maximum absolute atomic E-state index is 12.2. The van der Waals surface area contributed by atoms with Crippen LogP contribution in [0.2, 0.25) is 0 Å². The standard InChI is InChI=1S/C20H31N3O4/c1-5-23(12-18(24)25)16-10-15(11-16)22-19(26)21-13-20(2,3)14-6-8-17(27-4)9-7-14/h6-9,15-16H,5,10-13H2,1-4H3,(H,24,25)(H2,21,22,26). The molecule has 0 spiro atoms. The van der Waals surface area contributed by atoms with Crippen LogP contribution >= 0.6 is 0 Å². The van der Waals surface area contributed by atoms with Gasteiger partial charge in [-0.2, -0.15) is 0 Å². The maximum atomic E-state index is 12.2. The summed E-state index contributed by atoms with van der Waals surface area (Å²) in [4.78, 5) is 25.0. The fourth-order valence-electron chi connectivity index (χ4n) is 3.36. The number of urea groups is 1. The van der Waals surface area contributed by atoms with E-state index in [1.807, 2.05) is 36.1 Å². The fourth-order valence-corrected chi connectivity index (χ4v) is 3.36. The molecule has 1 aromatic carbocycles. The number of methoxy groups -OCH3 is 1. The molecule has 0 unspecified atom stereocenters. The number of carboxylic acids is 1. The van der Waals surface area contributed by atoms with Gasteiger partial charge in [-0.05, 0) is 37.1 Å². The lowest BCUT2D eigenvalue weighted by Gasteiger charge is -2.42. The highest BCUT2D eigenvalue weighted by Crippen LogP contribution is 2.26. The fraction of sp³-hybridized carbons (Fsp3) is 0.600. The summed E-state index contributed by atoms with van der Waals surface area (Å²) in [5, 5.41) is 14.9. The number of carbonyl (C=O) groups excluding carboxylic acids is 1. The van der Waals surface area contributed by atoms with Crippen molar-refractivity contribution >= 4 is 12.0 Å². The molecule has 1 aromatic rings. The van der Waals surface area contributed by atoms with E-state index in [1.54, 1.807) is 7.11 Å². The number of nitrogens with one attached hydrogen (secondary N) is 2. The lowest BCUT2D eigenvalue weighted by molar-refractivity contribution is -0.139. The van der Waals surface area contributed by atoms with Crippen molar-refractivity contribution in [1.29, 1.82) is 0 Å². The quantitative estimate of drug-likeness (QED) is 0.614. The largest absolute Gasteiger partial charge is 0.497 e. The monoisotopic (exact) mass is 377 g/mol. The van der Waals surface area contributed by atoms with E-state index >= 15 is 0 Å². The second kappa shape index (κ2) is 9.08. The van der Waals surface area contributed by atoms with E-state index in [4.69, 9.17) is 9.84 Å². The molecule has 1 fully saturated rings. The average molecular weight is 377 g/mol. The van der Waals surface area contributed by atoms with Crippen molar-refractivity contribution in [2.75, 3.05) is 26.7 Å². The molecule has 150 valence electrons. The Morgan fingerprint density at radius 2 is 1.89 bits per heavy atom. The molecule has 7 nitrogen and oxygen atoms in total. The molecular weight excluding hydrogens is 346 g/mol. The van der Waals surface area contributed by atoms with E-state index in [1.165, 1.54) is 0 Å². The minimum absolute atomic E-state index is 0.0517. The van der Waals surface area contributed by atoms with Gasteiger partial charge in [0.15, 0.2) is 0 Å². The minimum Gasteiger partial charge on any atom is -0.497 e. The number of hydrogen-bond donors (Lipinski definition) is 3. The smallest absolute Gasteiger partial charge is 0.317 e. The van der Waals surface area contributed by atoms with Crippen molar-refractivity contribution in [1.82, 2.24) is 15.5 Å². The molecule has 1 saturated carbocycles. The Morgan fingerprint density at radius 3 is 2.41 bits per heavy atom. The first-order valence-electron chi connectivity index (χ1n) is 9.40. The molecule has 0 aliphatic heterocycles. The lowest BCUT2D eigenvalue weighted by Crippen LogP contribution is -2.56. The van der Waals surface area contributed by atoms with Crippen molar-refractivity contribution in [2.45, 2.75) is 51.1 Å². The van der Waals surface area contributed by atoms with E-state index in [0.717, 1.165) is 24.2 Å². The van der Waals surface area contributed by atoms with E-state index in [0.29, 0.717) is 13.1 Å². The number of likely N-dealkylation sites (N-methyl/N-ethyl adjacent to an activating group) is 1. The van der Waals surface area contributed by atoms with Gasteiger partial charge in [-0.3, -0.25) is 9.69 Å². The first kappa shape index (κ1) is 21.0. The number of aliphatic carboxylic acids is 1. The van der Waals surface area contributed by atoms with Crippen LogP contribution in [0, 0.1) is 0 Å². The SMILES string of the molecule is CCN(CC(=O)O)C1CC(NC(=O)NCC(C)(C)c2ccc(OC)cc2)C1. The molecule has 0 aromatic heterocycles. The Hall–Kier alpha value is -2.28. The Balaban J connectivity index is 1.75. The molecule has 0 saturated heterocycles. The molecule has 0 heterocycles. The molecule has 0 bridgehead atoms. The van der Waals surface area contributed by atoms with Crippen LogP contribution < -0.4 is 15.4 Å². The molecule has 0 radical (unpaired) electrons. The summed E-state index contributed by atoms with van der Waals surface area (Å²) in [6.07, 6.45) is 1.58.